The number of nitrogens with zero attached hydrogens (tertiary/aromatic N) is 2. The maximum absolute atomic E-state index is 5.88. The summed E-state index contributed by atoms with van der Waals surface area (Å²) in [5.41, 5.74) is 9.25. The van der Waals surface area contributed by atoms with Crippen LogP contribution in [0.25, 0.3) is 0 Å². The number of halogens is 2. The number of hydrogen-bond donors (Lipinski definition) is 2. The number of morpholine rings is 1. The molecule has 1 aliphatic rings. The standard InChI is InChI=1S/C16H23BrN4O.HI/c1-12(2)10-19-16(18)20-11-13-3-4-14(17)9-15(13)21-5-7-22-8-6-21;/h3-4,9H,1,5-8,10-11H2,2H3,(H3,18,19,20);1H. The summed E-state index contributed by atoms with van der Waals surface area (Å²) in [6, 6.07) is 6.25. The predicted molar refractivity (Wildman–Crippen MR) is 111 cm³/mol. The Morgan fingerprint density at radius 3 is 2.78 bits per heavy atom. The molecule has 1 aromatic rings. The smallest absolute Gasteiger partial charge is 0.189 e. The van der Waals surface area contributed by atoms with Gasteiger partial charge in [-0.1, -0.05) is 34.1 Å². The largest absolute Gasteiger partial charge is 0.378 e. The van der Waals surface area contributed by atoms with Gasteiger partial charge >= 0.3 is 0 Å². The molecule has 0 saturated carbocycles. The van der Waals surface area contributed by atoms with E-state index in [4.69, 9.17) is 10.5 Å². The van der Waals surface area contributed by atoms with Crippen molar-refractivity contribution in [2.45, 2.75) is 13.5 Å². The van der Waals surface area contributed by atoms with Crippen molar-refractivity contribution in [3.05, 3.63) is 40.4 Å². The van der Waals surface area contributed by atoms with E-state index in [1.807, 2.05) is 13.0 Å². The lowest BCUT2D eigenvalue weighted by Crippen LogP contribution is -2.37. The van der Waals surface area contributed by atoms with E-state index in [0.29, 0.717) is 19.0 Å². The summed E-state index contributed by atoms with van der Waals surface area (Å²) in [5.74, 6) is 0.443. The molecule has 23 heavy (non-hydrogen) atoms. The van der Waals surface area contributed by atoms with Gasteiger partial charge in [-0.2, -0.15) is 0 Å². The highest BCUT2D eigenvalue weighted by molar-refractivity contribution is 14.0. The molecule has 1 aromatic carbocycles. The van der Waals surface area contributed by atoms with E-state index in [9.17, 15) is 0 Å². The van der Waals surface area contributed by atoms with E-state index in [1.165, 1.54) is 5.69 Å². The molecule has 0 aliphatic carbocycles. The molecule has 7 heteroatoms. The first-order chi connectivity index (χ1) is 10.6. The maximum Gasteiger partial charge on any atom is 0.189 e. The average molecular weight is 495 g/mol. The van der Waals surface area contributed by atoms with Crippen LogP contribution in [0.4, 0.5) is 5.69 Å². The summed E-state index contributed by atoms with van der Waals surface area (Å²) < 4.78 is 6.49. The van der Waals surface area contributed by atoms with Crippen molar-refractivity contribution < 1.29 is 4.74 Å². The SMILES string of the molecule is C=C(C)CNC(N)=NCc1ccc(Br)cc1N1CCOCC1.I. The molecule has 2 rings (SSSR count). The Hall–Kier alpha value is -0.800. The molecule has 0 amide bonds. The van der Waals surface area contributed by atoms with Gasteiger partial charge in [-0.15, -0.1) is 24.0 Å². The fraction of sp³-hybridized carbons (Fsp3) is 0.438. The molecular weight excluding hydrogens is 471 g/mol. The van der Waals surface area contributed by atoms with Crippen LogP contribution in [0.2, 0.25) is 0 Å². The maximum atomic E-state index is 5.88. The lowest BCUT2D eigenvalue weighted by atomic mass is 10.1. The number of nitrogens with one attached hydrogen (secondary N) is 1. The Morgan fingerprint density at radius 2 is 2.13 bits per heavy atom. The monoisotopic (exact) mass is 494 g/mol. The molecule has 5 nitrogen and oxygen atoms in total. The number of aliphatic imine (C=N–C) groups is 1. The molecule has 1 heterocycles. The van der Waals surface area contributed by atoms with Crippen LogP contribution >= 0.6 is 39.9 Å². The molecule has 1 saturated heterocycles. The molecule has 0 aromatic heterocycles. The van der Waals surface area contributed by atoms with Crippen molar-refractivity contribution in [1.82, 2.24) is 5.32 Å². The number of hydrogen-bond acceptors (Lipinski definition) is 3. The second-order valence-electron chi connectivity index (χ2n) is 5.38. The average Bonchev–Trinajstić information content (AvgIpc) is 2.52. The van der Waals surface area contributed by atoms with Crippen molar-refractivity contribution in [3.8, 4) is 0 Å². The van der Waals surface area contributed by atoms with Crippen LogP contribution < -0.4 is 16.0 Å². The fourth-order valence-corrected chi connectivity index (χ4v) is 2.59. The third kappa shape index (κ3) is 6.68. The lowest BCUT2D eigenvalue weighted by Gasteiger charge is -2.30. The van der Waals surface area contributed by atoms with Crippen LogP contribution in [0.3, 0.4) is 0 Å². The van der Waals surface area contributed by atoms with Crippen LogP contribution in [0.5, 0.6) is 0 Å². The summed E-state index contributed by atoms with van der Waals surface area (Å²) in [6.45, 7) is 10.3. The van der Waals surface area contributed by atoms with Gasteiger partial charge in [0.1, 0.15) is 0 Å². The molecule has 3 N–H and O–H groups in total. The minimum absolute atomic E-state index is 0. The summed E-state index contributed by atoms with van der Waals surface area (Å²) in [5, 5.41) is 3.05. The van der Waals surface area contributed by atoms with Crippen molar-refractivity contribution in [1.29, 1.82) is 0 Å². The molecule has 1 fully saturated rings. The Morgan fingerprint density at radius 1 is 1.43 bits per heavy atom. The molecule has 1 aliphatic heterocycles. The second kappa shape index (κ2) is 10.1. The van der Waals surface area contributed by atoms with Gasteiger partial charge in [0.15, 0.2) is 5.96 Å². The zero-order valence-electron chi connectivity index (χ0n) is 13.3. The van der Waals surface area contributed by atoms with Gasteiger partial charge in [0, 0.05) is 29.8 Å². The molecule has 0 unspecified atom stereocenters. The number of guanidine groups is 1. The van der Waals surface area contributed by atoms with Crippen LogP contribution in [-0.2, 0) is 11.3 Å². The Bertz CT molecular complexity index is 559. The normalized spacial score (nSPS) is 15.0. The predicted octanol–water partition coefficient (Wildman–Crippen LogP) is 2.88. The Kier molecular flexibility index (Phi) is 8.93. The first-order valence-electron chi connectivity index (χ1n) is 7.35. The molecule has 0 atom stereocenters. The van der Waals surface area contributed by atoms with E-state index in [2.05, 4.69) is 49.9 Å². The number of nitrogens with two attached hydrogens (primary N) is 1. The van der Waals surface area contributed by atoms with Crippen molar-refractivity contribution >= 4 is 51.6 Å². The number of benzene rings is 1. The minimum Gasteiger partial charge on any atom is -0.378 e. The summed E-state index contributed by atoms with van der Waals surface area (Å²) in [6.07, 6.45) is 0. The van der Waals surface area contributed by atoms with E-state index in [0.717, 1.165) is 41.9 Å². The summed E-state index contributed by atoms with van der Waals surface area (Å²) in [4.78, 5) is 6.75. The third-order valence-electron chi connectivity index (χ3n) is 3.39. The highest BCUT2D eigenvalue weighted by Gasteiger charge is 2.15. The minimum atomic E-state index is 0. The third-order valence-corrected chi connectivity index (χ3v) is 3.88. The van der Waals surface area contributed by atoms with Gasteiger partial charge in [-0.25, -0.2) is 4.99 Å². The first-order valence-corrected chi connectivity index (χ1v) is 8.15. The van der Waals surface area contributed by atoms with E-state index in [1.54, 1.807) is 0 Å². The number of rotatable bonds is 5. The molecule has 0 spiro atoms. The summed E-state index contributed by atoms with van der Waals surface area (Å²) in [7, 11) is 0. The van der Waals surface area contributed by atoms with Gasteiger partial charge < -0.3 is 20.7 Å². The van der Waals surface area contributed by atoms with Gasteiger partial charge in [0.25, 0.3) is 0 Å². The quantitative estimate of drug-likeness (QED) is 0.286. The van der Waals surface area contributed by atoms with Crippen LogP contribution in [-0.4, -0.2) is 38.8 Å². The van der Waals surface area contributed by atoms with E-state index >= 15 is 0 Å². The van der Waals surface area contributed by atoms with Gasteiger partial charge in [-0.3, -0.25) is 0 Å². The summed E-state index contributed by atoms with van der Waals surface area (Å²) >= 11 is 3.54. The second-order valence-corrected chi connectivity index (χ2v) is 6.30. The Labute approximate surface area is 163 Å². The van der Waals surface area contributed by atoms with Crippen molar-refractivity contribution in [2.75, 3.05) is 37.7 Å². The highest BCUT2D eigenvalue weighted by atomic mass is 127. The molecule has 128 valence electrons. The van der Waals surface area contributed by atoms with Gasteiger partial charge in [0.05, 0.1) is 19.8 Å². The Balaban J connectivity index is 0.00000264. The zero-order valence-corrected chi connectivity index (χ0v) is 17.3. The highest BCUT2D eigenvalue weighted by Crippen LogP contribution is 2.26. The van der Waals surface area contributed by atoms with Crippen molar-refractivity contribution in [3.63, 3.8) is 0 Å². The topological polar surface area (TPSA) is 62.9 Å². The van der Waals surface area contributed by atoms with Crippen LogP contribution in [0.1, 0.15) is 12.5 Å². The molecular formula is C16H24BrIN4O. The molecule has 0 bridgehead atoms. The van der Waals surface area contributed by atoms with Crippen molar-refractivity contribution in [2.24, 2.45) is 10.7 Å². The fourth-order valence-electron chi connectivity index (χ4n) is 2.24. The number of ether oxygens (including phenoxy) is 1. The molecule has 0 radical (unpaired) electrons. The van der Waals surface area contributed by atoms with Gasteiger partial charge in [-0.05, 0) is 24.6 Å². The zero-order chi connectivity index (χ0) is 15.9. The van der Waals surface area contributed by atoms with E-state index in [-0.39, 0.29) is 24.0 Å². The van der Waals surface area contributed by atoms with E-state index < -0.39 is 0 Å². The van der Waals surface area contributed by atoms with Crippen LogP contribution in [0.15, 0.2) is 39.8 Å². The van der Waals surface area contributed by atoms with Crippen LogP contribution in [0, 0.1) is 0 Å². The lowest BCUT2D eigenvalue weighted by molar-refractivity contribution is 0.122. The van der Waals surface area contributed by atoms with Gasteiger partial charge in [0.2, 0.25) is 0 Å². The number of anilines is 1. The first kappa shape index (κ1) is 20.2.